The van der Waals surface area contributed by atoms with E-state index in [1.54, 1.807) is 49.4 Å². The number of carbonyl (C=O) groups excluding carboxylic acids is 2. The third-order valence-electron chi connectivity index (χ3n) is 2.67. The van der Waals surface area contributed by atoms with E-state index in [2.05, 4.69) is 0 Å². The summed E-state index contributed by atoms with van der Waals surface area (Å²) in [5, 5.41) is 0. The first-order valence-corrected chi connectivity index (χ1v) is 6.25. The quantitative estimate of drug-likeness (QED) is 0.369. The van der Waals surface area contributed by atoms with E-state index in [4.69, 9.17) is 4.74 Å². The van der Waals surface area contributed by atoms with Gasteiger partial charge in [0.2, 0.25) is 0 Å². The molecule has 0 aliphatic carbocycles. The minimum Gasteiger partial charge on any atom is -0.423 e. The summed E-state index contributed by atoms with van der Waals surface area (Å²) in [5.74, 6) is -0.0794. The average molecular weight is 266 g/mol. The van der Waals surface area contributed by atoms with E-state index in [9.17, 15) is 9.59 Å². The van der Waals surface area contributed by atoms with Crippen LogP contribution >= 0.6 is 0 Å². The zero-order chi connectivity index (χ0) is 14.4. The van der Waals surface area contributed by atoms with Crippen molar-refractivity contribution in [3.05, 3.63) is 77.9 Å². The molecule has 0 aliphatic rings. The van der Waals surface area contributed by atoms with Gasteiger partial charge in [-0.25, -0.2) is 4.79 Å². The highest BCUT2D eigenvalue weighted by molar-refractivity contribution is 6.09. The van der Waals surface area contributed by atoms with Crippen LogP contribution in [-0.2, 0) is 4.79 Å². The molecule has 20 heavy (non-hydrogen) atoms. The molecule has 0 aromatic heterocycles. The van der Waals surface area contributed by atoms with Crippen molar-refractivity contribution in [2.45, 2.75) is 6.92 Å². The molecule has 0 heterocycles. The van der Waals surface area contributed by atoms with Gasteiger partial charge in [-0.15, -0.1) is 0 Å². The van der Waals surface area contributed by atoms with Crippen LogP contribution in [0.1, 0.15) is 22.8 Å². The maximum atomic E-state index is 12.2. The Kier molecular flexibility index (Phi) is 4.45. The molecule has 0 N–H and O–H groups in total. The second-order valence-electron chi connectivity index (χ2n) is 4.14. The number of ketones is 1. The lowest BCUT2D eigenvalue weighted by Gasteiger charge is -2.04. The molecule has 0 unspecified atom stereocenters. The summed E-state index contributed by atoms with van der Waals surface area (Å²) in [7, 11) is 0. The fourth-order valence-corrected chi connectivity index (χ4v) is 1.72. The van der Waals surface area contributed by atoms with Gasteiger partial charge < -0.3 is 4.74 Å². The van der Waals surface area contributed by atoms with Crippen LogP contribution in [0.3, 0.4) is 0 Å². The van der Waals surface area contributed by atoms with Crippen LogP contribution < -0.4 is 4.74 Å². The molecule has 0 aliphatic heterocycles. The Balaban J connectivity index is 2.12. The lowest BCUT2D eigenvalue weighted by atomic mass is 10.0. The Morgan fingerprint density at radius 2 is 1.50 bits per heavy atom. The van der Waals surface area contributed by atoms with Gasteiger partial charge >= 0.3 is 5.97 Å². The second kappa shape index (κ2) is 6.48. The zero-order valence-electron chi connectivity index (χ0n) is 11.1. The molecule has 3 nitrogen and oxygen atoms in total. The van der Waals surface area contributed by atoms with Crippen LogP contribution in [0.2, 0.25) is 0 Å². The molecule has 0 amide bonds. The van der Waals surface area contributed by atoms with Crippen molar-refractivity contribution in [2.24, 2.45) is 0 Å². The molecule has 0 saturated heterocycles. The SMILES string of the molecule is CC=CC(=O)Oc1ccc(C(=O)c2ccccc2)cc1. The number of hydrogen-bond donors (Lipinski definition) is 0. The molecular formula is C17H14O3. The van der Waals surface area contributed by atoms with Crippen molar-refractivity contribution in [1.82, 2.24) is 0 Å². The van der Waals surface area contributed by atoms with Crippen molar-refractivity contribution in [1.29, 1.82) is 0 Å². The van der Waals surface area contributed by atoms with Crippen LogP contribution in [0, 0.1) is 0 Å². The number of allylic oxidation sites excluding steroid dienone is 1. The maximum absolute atomic E-state index is 12.2. The third kappa shape index (κ3) is 3.42. The number of hydrogen-bond acceptors (Lipinski definition) is 3. The summed E-state index contributed by atoms with van der Waals surface area (Å²) < 4.78 is 5.06. The summed E-state index contributed by atoms with van der Waals surface area (Å²) in [4.78, 5) is 23.4. The predicted octanol–water partition coefficient (Wildman–Crippen LogP) is 3.40. The normalized spacial score (nSPS) is 10.4. The predicted molar refractivity (Wildman–Crippen MR) is 76.8 cm³/mol. The van der Waals surface area contributed by atoms with Crippen molar-refractivity contribution in [3.63, 3.8) is 0 Å². The number of carbonyl (C=O) groups is 2. The summed E-state index contributed by atoms with van der Waals surface area (Å²) in [6, 6.07) is 15.5. The molecule has 0 bridgehead atoms. The van der Waals surface area contributed by atoms with Crippen molar-refractivity contribution in [3.8, 4) is 5.75 Å². The first kappa shape index (κ1) is 13.7. The molecule has 3 heteroatoms. The van der Waals surface area contributed by atoms with E-state index >= 15 is 0 Å². The van der Waals surface area contributed by atoms with Crippen LogP contribution in [-0.4, -0.2) is 11.8 Å². The highest BCUT2D eigenvalue weighted by atomic mass is 16.5. The molecule has 2 aromatic rings. The zero-order valence-corrected chi connectivity index (χ0v) is 11.1. The molecule has 2 aromatic carbocycles. The van der Waals surface area contributed by atoms with E-state index in [0.717, 1.165) is 0 Å². The minimum absolute atomic E-state index is 0.0584. The fourth-order valence-electron chi connectivity index (χ4n) is 1.72. The van der Waals surface area contributed by atoms with Crippen molar-refractivity contribution < 1.29 is 14.3 Å². The highest BCUT2D eigenvalue weighted by Gasteiger charge is 2.08. The average Bonchev–Trinajstić information content (AvgIpc) is 2.48. The van der Waals surface area contributed by atoms with Gasteiger partial charge in [-0.05, 0) is 31.2 Å². The molecule has 2 rings (SSSR count). The summed E-state index contributed by atoms with van der Waals surface area (Å²) in [6.07, 6.45) is 2.94. The van der Waals surface area contributed by atoms with Gasteiger partial charge in [0.1, 0.15) is 5.75 Å². The monoisotopic (exact) mass is 266 g/mol. The molecule has 0 radical (unpaired) electrons. The maximum Gasteiger partial charge on any atom is 0.335 e. The lowest BCUT2D eigenvalue weighted by molar-refractivity contribution is -0.129. The van der Waals surface area contributed by atoms with Gasteiger partial charge in [0, 0.05) is 17.2 Å². The number of ether oxygens (including phenoxy) is 1. The Labute approximate surface area is 117 Å². The van der Waals surface area contributed by atoms with E-state index in [1.165, 1.54) is 6.08 Å². The number of esters is 1. The van der Waals surface area contributed by atoms with Gasteiger partial charge in [-0.3, -0.25) is 4.79 Å². The minimum atomic E-state index is -0.436. The highest BCUT2D eigenvalue weighted by Crippen LogP contribution is 2.15. The second-order valence-corrected chi connectivity index (χ2v) is 4.14. The van der Waals surface area contributed by atoms with Crippen LogP contribution in [0.25, 0.3) is 0 Å². The largest absolute Gasteiger partial charge is 0.423 e. The van der Waals surface area contributed by atoms with Crippen molar-refractivity contribution >= 4 is 11.8 Å². The van der Waals surface area contributed by atoms with E-state index in [0.29, 0.717) is 16.9 Å². The molecule has 0 spiro atoms. The smallest absolute Gasteiger partial charge is 0.335 e. The Hall–Kier alpha value is -2.68. The van der Waals surface area contributed by atoms with Crippen LogP contribution in [0.4, 0.5) is 0 Å². The van der Waals surface area contributed by atoms with Gasteiger partial charge in [0.15, 0.2) is 5.78 Å². The molecule has 0 atom stereocenters. The van der Waals surface area contributed by atoms with Gasteiger partial charge in [-0.2, -0.15) is 0 Å². The first-order chi connectivity index (χ1) is 9.70. The Morgan fingerprint density at radius 1 is 0.900 bits per heavy atom. The van der Waals surface area contributed by atoms with Crippen LogP contribution in [0.15, 0.2) is 66.7 Å². The molecule has 0 saturated carbocycles. The Bertz CT molecular complexity index is 625. The van der Waals surface area contributed by atoms with Gasteiger partial charge in [-0.1, -0.05) is 36.4 Å². The lowest BCUT2D eigenvalue weighted by Crippen LogP contribution is -2.04. The third-order valence-corrected chi connectivity index (χ3v) is 2.67. The molecule has 100 valence electrons. The standard InChI is InChI=1S/C17H14O3/c1-2-6-16(18)20-15-11-9-14(10-12-15)17(19)13-7-4-3-5-8-13/h2-12H,1H3. The fraction of sp³-hybridized carbons (Fsp3) is 0.0588. The molecule has 0 fully saturated rings. The van der Waals surface area contributed by atoms with Gasteiger partial charge in [0.05, 0.1) is 0 Å². The summed E-state index contributed by atoms with van der Waals surface area (Å²) >= 11 is 0. The van der Waals surface area contributed by atoms with Crippen molar-refractivity contribution in [2.75, 3.05) is 0 Å². The van der Waals surface area contributed by atoms with E-state index < -0.39 is 5.97 Å². The van der Waals surface area contributed by atoms with E-state index in [1.807, 2.05) is 18.2 Å². The van der Waals surface area contributed by atoms with E-state index in [-0.39, 0.29) is 5.78 Å². The Morgan fingerprint density at radius 3 is 2.10 bits per heavy atom. The van der Waals surface area contributed by atoms with Gasteiger partial charge in [0.25, 0.3) is 0 Å². The topological polar surface area (TPSA) is 43.4 Å². The first-order valence-electron chi connectivity index (χ1n) is 6.25. The summed E-state index contributed by atoms with van der Waals surface area (Å²) in [6.45, 7) is 1.74. The molecular weight excluding hydrogens is 252 g/mol. The summed E-state index contributed by atoms with van der Waals surface area (Å²) in [5.41, 5.74) is 1.19. The van der Waals surface area contributed by atoms with Crippen LogP contribution in [0.5, 0.6) is 5.75 Å². The number of rotatable bonds is 4. The number of benzene rings is 2.